The van der Waals surface area contributed by atoms with Crippen LogP contribution in [-0.2, 0) is 22.6 Å². The number of nitrogens with one attached hydrogen (secondary N) is 2. The molecule has 5 rings (SSSR count). The van der Waals surface area contributed by atoms with Gasteiger partial charge in [0.25, 0.3) is 5.91 Å². The Labute approximate surface area is 218 Å². The summed E-state index contributed by atoms with van der Waals surface area (Å²) < 4.78 is 24.1. The first-order valence-corrected chi connectivity index (χ1v) is 12.0. The van der Waals surface area contributed by atoms with Crippen molar-refractivity contribution < 1.29 is 27.9 Å². The molecule has 0 bridgehead atoms. The zero-order chi connectivity index (χ0) is 26.5. The Kier molecular flexibility index (Phi) is 7.17. The molecule has 1 aliphatic heterocycles. The lowest BCUT2D eigenvalue weighted by Gasteiger charge is -2.24. The van der Waals surface area contributed by atoms with Crippen molar-refractivity contribution in [3.63, 3.8) is 0 Å². The van der Waals surface area contributed by atoms with Gasteiger partial charge in [-0.3, -0.25) is 14.5 Å². The molecule has 2 N–H and O–H groups in total. The summed E-state index contributed by atoms with van der Waals surface area (Å²) in [5.74, 6) is -1.00. The fourth-order valence-corrected chi connectivity index (χ4v) is 4.24. The predicted octanol–water partition coefficient (Wildman–Crippen LogP) is 5.05. The van der Waals surface area contributed by atoms with Crippen LogP contribution in [0.3, 0.4) is 0 Å². The Hall–Kier alpha value is -4.92. The average Bonchev–Trinajstić information content (AvgIpc) is 3.58. The van der Waals surface area contributed by atoms with E-state index in [-0.39, 0.29) is 24.7 Å². The van der Waals surface area contributed by atoms with Gasteiger partial charge in [-0.05, 0) is 53.1 Å². The van der Waals surface area contributed by atoms with Gasteiger partial charge in [0.1, 0.15) is 5.82 Å². The van der Waals surface area contributed by atoms with E-state index in [0.717, 1.165) is 5.56 Å². The Balaban J connectivity index is 1.36. The first-order chi connectivity index (χ1) is 18.5. The topological polar surface area (TPSA) is 101 Å². The average molecular weight is 514 g/mol. The summed E-state index contributed by atoms with van der Waals surface area (Å²) in [6.45, 7) is 0.343. The maximum Gasteiger partial charge on any atom is 0.411 e. The molecule has 9 heteroatoms. The zero-order valence-electron chi connectivity index (χ0n) is 20.2. The molecule has 3 aromatic carbocycles. The monoisotopic (exact) mass is 513 g/mol. The van der Waals surface area contributed by atoms with E-state index in [1.807, 2.05) is 30.3 Å². The Morgan fingerprint density at radius 2 is 1.61 bits per heavy atom. The van der Waals surface area contributed by atoms with Crippen LogP contribution in [0.15, 0.2) is 102 Å². The normalized spacial score (nSPS) is 16.7. The van der Waals surface area contributed by atoms with Gasteiger partial charge in [-0.1, -0.05) is 54.6 Å². The van der Waals surface area contributed by atoms with E-state index in [1.165, 1.54) is 23.3 Å². The summed E-state index contributed by atoms with van der Waals surface area (Å²) in [5.41, 5.74) is 2.66. The van der Waals surface area contributed by atoms with Crippen molar-refractivity contribution in [2.75, 3.05) is 5.32 Å². The van der Waals surface area contributed by atoms with Crippen LogP contribution in [0, 0.1) is 5.82 Å². The number of benzene rings is 3. The summed E-state index contributed by atoms with van der Waals surface area (Å²) >= 11 is 0. The number of rotatable bonds is 8. The third-order valence-electron chi connectivity index (χ3n) is 6.17. The van der Waals surface area contributed by atoms with Crippen LogP contribution in [0.4, 0.5) is 14.9 Å². The van der Waals surface area contributed by atoms with E-state index in [4.69, 9.17) is 9.15 Å². The van der Waals surface area contributed by atoms with E-state index in [1.54, 1.807) is 48.5 Å². The lowest BCUT2D eigenvalue weighted by Crippen LogP contribution is -2.46. The second-order valence-electron chi connectivity index (χ2n) is 8.76. The number of furan rings is 1. The van der Waals surface area contributed by atoms with Crippen LogP contribution < -0.4 is 10.6 Å². The standard InChI is InChI=1S/C29H24FN3O5/c30-22-12-8-19(9-13-22)17-31-28(35)25-26(38-29(36)33(25)18-20-5-2-1-3-6-20)21-10-14-23(15-11-21)32-27(34)24-7-4-16-37-24/h1-16,25-26H,17-18H2,(H,31,35)(H,32,34)/t25-,26-/m1/s1. The number of anilines is 1. The fourth-order valence-electron chi connectivity index (χ4n) is 4.24. The predicted molar refractivity (Wildman–Crippen MR) is 136 cm³/mol. The lowest BCUT2D eigenvalue weighted by molar-refractivity contribution is -0.126. The number of carbonyl (C=O) groups excluding carboxylic acids is 3. The van der Waals surface area contributed by atoms with Gasteiger partial charge < -0.3 is 19.8 Å². The van der Waals surface area contributed by atoms with Crippen LogP contribution in [0.1, 0.15) is 33.3 Å². The van der Waals surface area contributed by atoms with Crippen LogP contribution >= 0.6 is 0 Å². The molecular formula is C29H24FN3O5. The highest BCUT2D eigenvalue weighted by Crippen LogP contribution is 2.34. The number of hydrogen-bond acceptors (Lipinski definition) is 5. The largest absolute Gasteiger partial charge is 0.459 e. The second kappa shape index (κ2) is 11.0. The van der Waals surface area contributed by atoms with Crippen molar-refractivity contribution in [3.05, 3.63) is 126 Å². The highest BCUT2D eigenvalue weighted by molar-refractivity contribution is 6.02. The Bertz CT molecular complexity index is 1410. The van der Waals surface area contributed by atoms with E-state index in [2.05, 4.69) is 10.6 Å². The molecule has 0 radical (unpaired) electrons. The van der Waals surface area contributed by atoms with Crippen molar-refractivity contribution in [1.29, 1.82) is 0 Å². The molecule has 38 heavy (non-hydrogen) atoms. The molecule has 8 nitrogen and oxygen atoms in total. The minimum Gasteiger partial charge on any atom is -0.459 e. The molecule has 1 saturated heterocycles. The molecular weight excluding hydrogens is 489 g/mol. The summed E-state index contributed by atoms with van der Waals surface area (Å²) in [6, 6.07) is 24.1. The quantitative estimate of drug-likeness (QED) is 0.343. The first kappa shape index (κ1) is 24.8. The SMILES string of the molecule is O=C(Nc1ccc([C@H]2OC(=O)N(Cc3ccccc3)[C@H]2C(=O)NCc2ccc(F)cc2)cc1)c1ccco1. The molecule has 3 amide bonds. The maximum atomic E-state index is 13.4. The van der Waals surface area contributed by atoms with Gasteiger partial charge in [0.05, 0.1) is 12.8 Å². The number of ether oxygens (including phenoxy) is 1. The molecule has 0 aliphatic carbocycles. The van der Waals surface area contributed by atoms with Crippen molar-refractivity contribution in [3.8, 4) is 0 Å². The van der Waals surface area contributed by atoms with Crippen LogP contribution in [0.2, 0.25) is 0 Å². The lowest BCUT2D eigenvalue weighted by atomic mass is 10.00. The molecule has 4 aromatic rings. The molecule has 1 fully saturated rings. The number of nitrogens with zero attached hydrogens (tertiary/aromatic N) is 1. The van der Waals surface area contributed by atoms with Crippen LogP contribution in [-0.4, -0.2) is 28.8 Å². The zero-order valence-corrected chi connectivity index (χ0v) is 20.2. The van der Waals surface area contributed by atoms with Crippen LogP contribution in [0.25, 0.3) is 0 Å². The molecule has 2 atom stereocenters. The first-order valence-electron chi connectivity index (χ1n) is 12.0. The van der Waals surface area contributed by atoms with E-state index in [0.29, 0.717) is 16.8 Å². The summed E-state index contributed by atoms with van der Waals surface area (Å²) in [4.78, 5) is 40.0. The molecule has 0 unspecified atom stereocenters. The molecule has 0 spiro atoms. The third-order valence-corrected chi connectivity index (χ3v) is 6.17. The second-order valence-corrected chi connectivity index (χ2v) is 8.76. The Morgan fingerprint density at radius 1 is 0.868 bits per heavy atom. The van der Waals surface area contributed by atoms with Gasteiger partial charge >= 0.3 is 6.09 Å². The number of carbonyl (C=O) groups is 3. The molecule has 2 heterocycles. The van der Waals surface area contributed by atoms with Crippen molar-refractivity contribution in [2.24, 2.45) is 0 Å². The van der Waals surface area contributed by atoms with Gasteiger partial charge in [0, 0.05) is 12.2 Å². The molecule has 1 aliphatic rings. The highest BCUT2D eigenvalue weighted by Gasteiger charge is 2.46. The fraction of sp³-hybridized carbons (Fsp3) is 0.138. The number of amides is 3. The van der Waals surface area contributed by atoms with Crippen molar-refractivity contribution in [1.82, 2.24) is 10.2 Å². The van der Waals surface area contributed by atoms with Crippen molar-refractivity contribution in [2.45, 2.75) is 25.2 Å². The van der Waals surface area contributed by atoms with Gasteiger partial charge in [0.15, 0.2) is 17.9 Å². The molecule has 1 aromatic heterocycles. The third kappa shape index (κ3) is 5.57. The summed E-state index contributed by atoms with van der Waals surface area (Å²) in [6.07, 6.45) is -0.0835. The number of halogens is 1. The van der Waals surface area contributed by atoms with E-state index >= 15 is 0 Å². The van der Waals surface area contributed by atoms with E-state index in [9.17, 15) is 18.8 Å². The summed E-state index contributed by atoms with van der Waals surface area (Å²) in [7, 11) is 0. The maximum absolute atomic E-state index is 13.4. The van der Waals surface area contributed by atoms with Gasteiger partial charge in [-0.25, -0.2) is 9.18 Å². The smallest absolute Gasteiger partial charge is 0.411 e. The molecule has 192 valence electrons. The number of cyclic esters (lactones) is 1. The summed E-state index contributed by atoms with van der Waals surface area (Å²) in [5, 5.41) is 5.58. The van der Waals surface area contributed by atoms with Crippen molar-refractivity contribution >= 4 is 23.6 Å². The minimum absolute atomic E-state index is 0.160. The van der Waals surface area contributed by atoms with Crippen LogP contribution in [0.5, 0.6) is 0 Å². The minimum atomic E-state index is -0.952. The van der Waals surface area contributed by atoms with Gasteiger partial charge in [-0.15, -0.1) is 0 Å². The Morgan fingerprint density at radius 3 is 2.29 bits per heavy atom. The number of hydrogen-bond donors (Lipinski definition) is 2. The van der Waals surface area contributed by atoms with Gasteiger partial charge in [0.2, 0.25) is 5.91 Å². The molecule has 0 saturated carbocycles. The van der Waals surface area contributed by atoms with E-state index < -0.39 is 30.1 Å². The van der Waals surface area contributed by atoms with Gasteiger partial charge in [-0.2, -0.15) is 0 Å². The highest BCUT2D eigenvalue weighted by atomic mass is 19.1.